The van der Waals surface area contributed by atoms with Crippen LogP contribution in [0.5, 0.6) is 0 Å². The van der Waals surface area contributed by atoms with Crippen LogP contribution in [-0.4, -0.2) is 16.3 Å². The van der Waals surface area contributed by atoms with Crippen molar-refractivity contribution in [3.05, 3.63) is 48.3 Å². The predicted octanol–water partition coefficient (Wildman–Crippen LogP) is 2.91. The number of carbonyl (C=O) groups excluding carboxylic acids is 1. The summed E-state index contributed by atoms with van der Waals surface area (Å²) in [6.07, 6.45) is 4.13. The molecule has 0 saturated heterocycles. The zero-order valence-corrected chi connectivity index (χ0v) is 10.4. The Morgan fingerprint density at radius 2 is 2.00 bits per heavy atom. The second-order valence-corrected chi connectivity index (χ2v) is 4.44. The van der Waals surface area contributed by atoms with E-state index in [1.54, 1.807) is 6.20 Å². The third kappa shape index (κ3) is 3.23. The molecular weight excluding hydrogens is 224 g/mol. The predicted molar refractivity (Wildman–Crippen MR) is 71.0 cm³/mol. The van der Waals surface area contributed by atoms with Crippen molar-refractivity contribution >= 4 is 6.29 Å². The first-order chi connectivity index (χ1) is 8.79. The molecule has 0 radical (unpaired) electrons. The largest absolute Gasteiger partial charge is 0.303 e. The van der Waals surface area contributed by atoms with Crippen LogP contribution in [0.4, 0.5) is 0 Å². The first-order valence-electron chi connectivity index (χ1n) is 6.10. The highest BCUT2D eigenvalue weighted by atomic mass is 16.1. The summed E-state index contributed by atoms with van der Waals surface area (Å²) >= 11 is 0. The van der Waals surface area contributed by atoms with E-state index in [4.69, 9.17) is 0 Å². The second kappa shape index (κ2) is 6.05. The van der Waals surface area contributed by atoms with Crippen LogP contribution >= 0.6 is 0 Å². The Morgan fingerprint density at radius 3 is 2.72 bits per heavy atom. The third-order valence-corrected chi connectivity index (χ3v) is 2.79. The molecule has 92 valence electrons. The minimum absolute atomic E-state index is 0.328. The maximum atomic E-state index is 10.5. The lowest BCUT2D eigenvalue weighted by atomic mass is 10.0. The molecule has 18 heavy (non-hydrogen) atoms. The molecule has 3 heteroatoms. The molecule has 0 aliphatic rings. The average molecular weight is 240 g/mol. The zero-order valence-electron chi connectivity index (χ0n) is 10.4. The summed E-state index contributed by atoms with van der Waals surface area (Å²) in [4.78, 5) is 19.3. The van der Waals surface area contributed by atoms with Gasteiger partial charge in [-0.05, 0) is 36.6 Å². The van der Waals surface area contributed by atoms with Gasteiger partial charge >= 0.3 is 0 Å². The molecule has 2 rings (SSSR count). The van der Waals surface area contributed by atoms with Crippen LogP contribution in [0.2, 0.25) is 0 Å². The quantitative estimate of drug-likeness (QED) is 0.755. The Hall–Kier alpha value is -2.03. The zero-order chi connectivity index (χ0) is 12.8. The van der Waals surface area contributed by atoms with E-state index in [1.807, 2.05) is 36.4 Å². The van der Waals surface area contributed by atoms with Gasteiger partial charge in [-0.25, -0.2) is 0 Å². The van der Waals surface area contributed by atoms with E-state index < -0.39 is 0 Å². The number of aldehydes is 1. The van der Waals surface area contributed by atoms with Crippen molar-refractivity contribution in [1.29, 1.82) is 0 Å². The number of nitrogens with zero attached hydrogens (tertiary/aromatic N) is 2. The molecule has 0 bridgehead atoms. The van der Waals surface area contributed by atoms with Crippen molar-refractivity contribution in [2.24, 2.45) is 5.92 Å². The standard InChI is InChI=1S/C15H16N2O/c1-12(8-10-18)11-13-5-4-7-15(17-13)14-6-2-3-9-16-14/h2-7,9-10,12H,8,11H2,1H3/t12-/m1/s1. The van der Waals surface area contributed by atoms with Crippen molar-refractivity contribution in [2.45, 2.75) is 19.8 Å². The van der Waals surface area contributed by atoms with E-state index in [0.717, 1.165) is 29.8 Å². The number of pyridine rings is 2. The van der Waals surface area contributed by atoms with Gasteiger partial charge in [0.2, 0.25) is 0 Å². The lowest BCUT2D eigenvalue weighted by Gasteiger charge is -2.08. The van der Waals surface area contributed by atoms with E-state index >= 15 is 0 Å². The molecule has 2 heterocycles. The van der Waals surface area contributed by atoms with Gasteiger partial charge in [-0.1, -0.05) is 19.1 Å². The van der Waals surface area contributed by atoms with Gasteiger partial charge in [0.25, 0.3) is 0 Å². The van der Waals surface area contributed by atoms with E-state index in [-0.39, 0.29) is 0 Å². The van der Waals surface area contributed by atoms with Gasteiger partial charge in [0.1, 0.15) is 6.29 Å². The molecule has 2 aromatic heterocycles. The second-order valence-electron chi connectivity index (χ2n) is 4.44. The maximum absolute atomic E-state index is 10.5. The number of rotatable bonds is 5. The van der Waals surface area contributed by atoms with Crippen molar-refractivity contribution in [3.63, 3.8) is 0 Å². The van der Waals surface area contributed by atoms with Gasteiger partial charge in [-0.2, -0.15) is 0 Å². The molecule has 0 spiro atoms. The molecule has 3 nitrogen and oxygen atoms in total. The summed E-state index contributed by atoms with van der Waals surface area (Å²) in [5, 5.41) is 0. The minimum Gasteiger partial charge on any atom is -0.303 e. The van der Waals surface area contributed by atoms with E-state index in [2.05, 4.69) is 16.9 Å². The Bertz CT molecular complexity index is 511. The van der Waals surface area contributed by atoms with E-state index in [0.29, 0.717) is 12.3 Å². The van der Waals surface area contributed by atoms with Gasteiger partial charge in [0.15, 0.2) is 0 Å². The molecule has 0 saturated carbocycles. The summed E-state index contributed by atoms with van der Waals surface area (Å²) in [7, 11) is 0. The molecular formula is C15H16N2O. The van der Waals surface area contributed by atoms with Crippen LogP contribution in [-0.2, 0) is 11.2 Å². The Balaban J connectivity index is 2.18. The number of hydrogen-bond donors (Lipinski definition) is 0. The van der Waals surface area contributed by atoms with Crippen molar-refractivity contribution in [1.82, 2.24) is 9.97 Å². The summed E-state index contributed by atoms with van der Waals surface area (Å²) in [5.41, 5.74) is 2.77. The van der Waals surface area contributed by atoms with Gasteiger partial charge in [0, 0.05) is 18.3 Å². The summed E-state index contributed by atoms with van der Waals surface area (Å²) in [6.45, 7) is 2.06. The van der Waals surface area contributed by atoms with Gasteiger partial charge in [-0.15, -0.1) is 0 Å². The van der Waals surface area contributed by atoms with Gasteiger partial charge in [-0.3, -0.25) is 9.97 Å². The molecule has 0 fully saturated rings. The maximum Gasteiger partial charge on any atom is 0.120 e. The smallest absolute Gasteiger partial charge is 0.120 e. The van der Waals surface area contributed by atoms with Crippen molar-refractivity contribution in [3.8, 4) is 11.4 Å². The molecule has 0 aliphatic carbocycles. The third-order valence-electron chi connectivity index (χ3n) is 2.79. The fourth-order valence-electron chi connectivity index (χ4n) is 1.85. The van der Waals surface area contributed by atoms with Crippen LogP contribution in [0.25, 0.3) is 11.4 Å². The monoisotopic (exact) mass is 240 g/mol. The molecule has 0 aromatic carbocycles. The molecule has 2 aromatic rings. The Kier molecular flexibility index (Phi) is 4.18. The number of hydrogen-bond acceptors (Lipinski definition) is 3. The average Bonchev–Trinajstić information content (AvgIpc) is 2.40. The van der Waals surface area contributed by atoms with Crippen LogP contribution in [0.15, 0.2) is 42.6 Å². The highest BCUT2D eigenvalue weighted by Gasteiger charge is 2.06. The van der Waals surface area contributed by atoms with Crippen LogP contribution in [0.1, 0.15) is 19.0 Å². The highest BCUT2D eigenvalue weighted by molar-refractivity contribution is 5.53. The van der Waals surface area contributed by atoms with Crippen molar-refractivity contribution < 1.29 is 4.79 Å². The van der Waals surface area contributed by atoms with Crippen molar-refractivity contribution in [2.75, 3.05) is 0 Å². The topological polar surface area (TPSA) is 42.9 Å². The lowest BCUT2D eigenvalue weighted by molar-refractivity contribution is -0.108. The van der Waals surface area contributed by atoms with Crippen LogP contribution < -0.4 is 0 Å². The van der Waals surface area contributed by atoms with Crippen LogP contribution in [0, 0.1) is 5.92 Å². The fourth-order valence-corrected chi connectivity index (χ4v) is 1.85. The first-order valence-corrected chi connectivity index (χ1v) is 6.10. The van der Waals surface area contributed by atoms with Gasteiger partial charge in [0.05, 0.1) is 11.4 Å². The number of aromatic nitrogens is 2. The Morgan fingerprint density at radius 1 is 1.17 bits per heavy atom. The Labute approximate surface area is 107 Å². The summed E-state index contributed by atoms with van der Waals surface area (Å²) in [6, 6.07) is 11.7. The normalized spacial score (nSPS) is 12.1. The van der Waals surface area contributed by atoms with Crippen LogP contribution in [0.3, 0.4) is 0 Å². The molecule has 0 aliphatic heterocycles. The van der Waals surface area contributed by atoms with Gasteiger partial charge < -0.3 is 4.79 Å². The molecule has 0 unspecified atom stereocenters. The molecule has 0 N–H and O–H groups in total. The fraction of sp³-hybridized carbons (Fsp3) is 0.267. The molecule has 1 atom stereocenters. The number of carbonyl (C=O) groups is 1. The first kappa shape index (κ1) is 12.4. The highest BCUT2D eigenvalue weighted by Crippen LogP contribution is 2.16. The summed E-state index contributed by atoms with van der Waals surface area (Å²) in [5.74, 6) is 0.328. The lowest BCUT2D eigenvalue weighted by Crippen LogP contribution is -2.03. The van der Waals surface area contributed by atoms with E-state index in [1.165, 1.54) is 0 Å². The minimum atomic E-state index is 0.328. The summed E-state index contributed by atoms with van der Waals surface area (Å²) < 4.78 is 0. The SMILES string of the molecule is C[C@H](CC=O)Cc1cccc(-c2ccccn2)n1. The molecule has 0 amide bonds. The van der Waals surface area contributed by atoms with E-state index in [9.17, 15) is 4.79 Å².